The van der Waals surface area contributed by atoms with Gasteiger partial charge in [0.1, 0.15) is 0 Å². The first-order chi connectivity index (χ1) is 8.15. The zero-order valence-electron chi connectivity index (χ0n) is 10.2. The molecule has 96 valence electrons. The Bertz CT molecular complexity index is 382. The number of rotatable bonds is 7. The summed E-state index contributed by atoms with van der Waals surface area (Å²) in [6.07, 6.45) is 5.97. The molecule has 0 fully saturated rings. The lowest BCUT2D eigenvalue weighted by Crippen LogP contribution is -2.00. The van der Waals surface area contributed by atoms with Crippen molar-refractivity contribution in [3.05, 3.63) is 22.7 Å². The van der Waals surface area contributed by atoms with Crippen LogP contribution in [0.2, 0.25) is 0 Å². The molecule has 1 aromatic rings. The van der Waals surface area contributed by atoms with Gasteiger partial charge in [-0.1, -0.05) is 32.6 Å². The van der Waals surface area contributed by atoms with E-state index in [1.54, 1.807) is 6.07 Å². The summed E-state index contributed by atoms with van der Waals surface area (Å²) in [5.41, 5.74) is 6.35. The van der Waals surface area contributed by atoms with Gasteiger partial charge in [0.05, 0.1) is 15.7 Å². The summed E-state index contributed by atoms with van der Waals surface area (Å²) in [7, 11) is -0.911. The van der Waals surface area contributed by atoms with Gasteiger partial charge < -0.3 is 5.73 Å². The topological polar surface area (TPSA) is 43.1 Å². The van der Waals surface area contributed by atoms with Crippen LogP contribution in [0.5, 0.6) is 0 Å². The van der Waals surface area contributed by atoms with Gasteiger partial charge in [0, 0.05) is 15.9 Å². The van der Waals surface area contributed by atoms with Crippen molar-refractivity contribution in [1.82, 2.24) is 0 Å². The van der Waals surface area contributed by atoms with Crippen LogP contribution in [0.25, 0.3) is 0 Å². The number of benzene rings is 1. The van der Waals surface area contributed by atoms with Crippen LogP contribution < -0.4 is 5.73 Å². The summed E-state index contributed by atoms with van der Waals surface area (Å²) in [6, 6.07) is 5.46. The van der Waals surface area contributed by atoms with E-state index in [0.29, 0.717) is 5.69 Å². The zero-order chi connectivity index (χ0) is 12.7. The van der Waals surface area contributed by atoms with Gasteiger partial charge in [0.15, 0.2) is 0 Å². The highest BCUT2D eigenvalue weighted by Gasteiger charge is 2.08. The van der Waals surface area contributed by atoms with Gasteiger partial charge in [0.25, 0.3) is 0 Å². The Labute approximate surface area is 115 Å². The van der Waals surface area contributed by atoms with Crippen LogP contribution in [0.4, 0.5) is 5.69 Å². The van der Waals surface area contributed by atoms with Crippen LogP contribution in [-0.4, -0.2) is 9.96 Å². The molecule has 2 nitrogen and oxygen atoms in total. The fourth-order valence-corrected chi connectivity index (χ4v) is 3.77. The summed E-state index contributed by atoms with van der Waals surface area (Å²) in [6.45, 7) is 2.20. The van der Waals surface area contributed by atoms with Crippen molar-refractivity contribution in [1.29, 1.82) is 0 Å². The van der Waals surface area contributed by atoms with Crippen molar-refractivity contribution in [2.24, 2.45) is 0 Å². The smallest absolute Gasteiger partial charge is 0.0541 e. The number of unbranched alkanes of at least 4 members (excludes halogenated alkanes) is 4. The largest absolute Gasteiger partial charge is 0.399 e. The highest BCUT2D eigenvalue weighted by atomic mass is 79.9. The van der Waals surface area contributed by atoms with E-state index in [4.69, 9.17) is 5.73 Å². The number of anilines is 1. The maximum absolute atomic E-state index is 12.0. The predicted octanol–water partition coefficient (Wildman–Crippen LogP) is 4.11. The quantitative estimate of drug-likeness (QED) is 0.607. The molecular weight excluding hydrogens is 298 g/mol. The van der Waals surface area contributed by atoms with Crippen LogP contribution in [0, 0.1) is 0 Å². The molecule has 0 radical (unpaired) electrons. The lowest BCUT2D eigenvalue weighted by molar-refractivity contribution is 0.647. The molecule has 0 aliphatic heterocycles. The Kier molecular flexibility index (Phi) is 6.82. The monoisotopic (exact) mass is 317 g/mol. The van der Waals surface area contributed by atoms with E-state index in [2.05, 4.69) is 22.9 Å². The maximum Gasteiger partial charge on any atom is 0.0541 e. The van der Waals surface area contributed by atoms with Crippen molar-refractivity contribution >= 4 is 32.4 Å². The minimum atomic E-state index is -0.911. The van der Waals surface area contributed by atoms with Crippen molar-refractivity contribution in [3.8, 4) is 0 Å². The Hall–Kier alpha value is -0.350. The van der Waals surface area contributed by atoms with E-state index in [9.17, 15) is 4.21 Å². The average molecular weight is 318 g/mol. The van der Waals surface area contributed by atoms with E-state index in [1.807, 2.05) is 12.1 Å². The number of halogens is 1. The minimum absolute atomic E-state index is 0.695. The highest BCUT2D eigenvalue weighted by molar-refractivity contribution is 9.10. The predicted molar refractivity (Wildman–Crippen MR) is 78.6 cm³/mol. The van der Waals surface area contributed by atoms with E-state index in [1.165, 1.54) is 25.7 Å². The standard InChI is InChI=1S/C13H20BrNOS/c1-2-3-4-5-6-9-17(16)13-8-7-11(15)10-12(13)14/h7-8,10H,2-6,9,15H2,1H3. The molecule has 17 heavy (non-hydrogen) atoms. The van der Waals surface area contributed by atoms with E-state index in [0.717, 1.165) is 21.5 Å². The van der Waals surface area contributed by atoms with Gasteiger partial charge in [-0.25, -0.2) is 0 Å². The van der Waals surface area contributed by atoms with E-state index in [-0.39, 0.29) is 0 Å². The lowest BCUT2D eigenvalue weighted by Gasteiger charge is -2.05. The summed E-state index contributed by atoms with van der Waals surface area (Å²) in [5, 5.41) is 0. The van der Waals surface area contributed by atoms with Gasteiger partial charge in [-0.05, 0) is 40.5 Å². The zero-order valence-corrected chi connectivity index (χ0v) is 12.6. The number of nitrogens with two attached hydrogens (primary N) is 1. The minimum Gasteiger partial charge on any atom is -0.399 e. The average Bonchev–Trinajstić information content (AvgIpc) is 2.28. The normalized spacial score (nSPS) is 12.6. The first kappa shape index (κ1) is 14.7. The molecule has 0 aromatic heterocycles. The second-order valence-corrected chi connectivity index (χ2v) is 6.55. The first-order valence-electron chi connectivity index (χ1n) is 6.08. The second-order valence-electron chi connectivity index (χ2n) is 4.15. The molecule has 4 heteroatoms. The molecule has 0 spiro atoms. The third-order valence-electron chi connectivity index (χ3n) is 2.63. The van der Waals surface area contributed by atoms with E-state index < -0.39 is 10.8 Å². The van der Waals surface area contributed by atoms with Crippen molar-refractivity contribution in [2.75, 3.05) is 11.5 Å². The molecule has 1 atom stereocenters. The lowest BCUT2D eigenvalue weighted by atomic mass is 10.2. The molecule has 1 rings (SSSR count). The van der Waals surface area contributed by atoms with Gasteiger partial charge >= 0.3 is 0 Å². The Balaban J connectivity index is 2.42. The molecule has 1 unspecified atom stereocenters. The third kappa shape index (κ3) is 5.21. The molecule has 0 amide bonds. The van der Waals surface area contributed by atoms with Gasteiger partial charge in [-0.3, -0.25) is 4.21 Å². The van der Waals surface area contributed by atoms with Crippen molar-refractivity contribution in [3.63, 3.8) is 0 Å². The van der Waals surface area contributed by atoms with Crippen LogP contribution in [0.1, 0.15) is 39.0 Å². The Morgan fingerprint density at radius 1 is 1.24 bits per heavy atom. The molecule has 0 aliphatic carbocycles. The number of hydrogen-bond donors (Lipinski definition) is 1. The number of nitrogen functional groups attached to an aromatic ring is 1. The second kappa shape index (κ2) is 7.88. The number of hydrogen-bond acceptors (Lipinski definition) is 2. The summed E-state index contributed by atoms with van der Waals surface area (Å²) in [4.78, 5) is 0.856. The first-order valence-corrected chi connectivity index (χ1v) is 8.19. The SMILES string of the molecule is CCCCCCCS(=O)c1ccc(N)cc1Br. The van der Waals surface area contributed by atoms with Crippen LogP contribution in [0.15, 0.2) is 27.6 Å². The van der Waals surface area contributed by atoms with Crippen LogP contribution >= 0.6 is 15.9 Å². The van der Waals surface area contributed by atoms with Crippen molar-refractivity contribution in [2.45, 2.75) is 43.9 Å². The summed E-state index contributed by atoms with van der Waals surface area (Å²) in [5.74, 6) is 0.742. The third-order valence-corrected chi connectivity index (χ3v) is 5.06. The molecule has 0 bridgehead atoms. The van der Waals surface area contributed by atoms with E-state index >= 15 is 0 Å². The Morgan fingerprint density at radius 3 is 2.59 bits per heavy atom. The maximum atomic E-state index is 12.0. The summed E-state index contributed by atoms with van der Waals surface area (Å²) >= 11 is 3.41. The van der Waals surface area contributed by atoms with Crippen LogP contribution in [-0.2, 0) is 10.8 Å². The molecular formula is C13H20BrNOS. The highest BCUT2D eigenvalue weighted by Crippen LogP contribution is 2.23. The molecule has 0 heterocycles. The molecule has 1 aromatic carbocycles. The molecule has 0 aliphatic rings. The summed E-state index contributed by atoms with van der Waals surface area (Å²) < 4.78 is 12.9. The van der Waals surface area contributed by atoms with Gasteiger partial charge in [-0.2, -0.15) is 0 Å². The fourth-order valence-electron chi connectivity index (χ4n) is 1.65. The molecule has 2 N–H and O–H groups in total. The van der Waals surface area contributed by atoms with Crippen LogP contribution in [0.3, 0.4) is 0 Å². The molecule has 0 saturated carbocycles. The van der Waals surface area contributed by atoms with Gasteiger partial charge in [-0.15, -0.1) is 0 Å². The molecule has 0 saturated heterocycles. The van der Waals surface area contributed by atoms with Crippen molar-refractivity contribution < 1.29 is 4.21 Å². The Morgan fingerprint density at radius 2 is 1.94 bits per heavy atom. The fraction of sp³-hybridized carbons (Fsp3) is 0.538. The van der Waals surface area contributed by atoms with Gasteiger partial charge in [0.2, 0.25) is 0 Å².